The van der Waals surface area contributed by atoms with Crippen LogP contribution in [0.15, 0.2) is 0 Å². The molecule has 0 unspecified atom stereocenters. The molecule has 0 aliphatic carbocycles. The standard InChI is InChI=1S/C6H13NO3.ClH/c8-4-1-2-7-3-5(9)6(4)10;/h4-10H,1-3H2;1H/t4-,5-,6-;/m1./s1. The van der Waals surface area contributed by atoms with E-state index < -0.39 is 18.3 Å². The van der Waals surface area contributed by atoms with Crippen LogP contribution in [0.5, 0.6) is 0 Å². The van der Waals surface area contributed by atoms with E-state index in [0.29, 0.717) is 19.5 Å². The van der Waals surface area contributed by atoms with E-state index in [1.165, 1.54) is 0 Å². The zero-order valence-corrected chi connectivity index (χ0v) is 6.92. The second kappa shape index (κ2) is 4.90. The monoisotopic (exact) mass is 183 g/mol. The van der Waals surface area contributed by atoms with Crippen molar-refractivity contribution in [3.63, 3.8) is 0 Å². The highest BCUT2D eigenvalue weighted by Gasteiger charge is 2.26. The summed E-state index contributed by atoms with van der Waals surface area (Å²) < 4.78 is 0. The smallest absolute Gasteiger partial charge is 0.107 e. The van der Waals surface area contributed by atoms with Crippen molar-refractivity contribution < 1.29 is 15.3 Å². The molecule has 1 fully saturated rings. The quantitative estimate of drug-likeness (QED) is 0.368. The van der Waals surface area contributed by atoms with Gasteiger partial charge in [0.1, 0.15) is 6.10 Å². The highest BCUT2D eigenvalue weighted by atomic mass is 35.5. The molecule has 0 amide bonds. The summed E-state index contributed by atoms with van der Waals surface area (Å²) in [6, 6.07) is 0. The molecule has 0 radical (unpaired) electrons. The van der Waals surface area contributed by atoms with Crippen LogP contribution in [-0.4, -0.2) is 46.7 Å². The van der Waals surface area contributed by atoms with Crippen LogP contribution in [0, 0.1) is 0 Å². The Balaban J connectivity index is 0.000001000. The van der Waals surface area contributed by atoms with E-state index in [0.717, 1.165) is 0 Å². The van der Waals surface area contributed by atoms with Crippen molar-refractivity contribution in [3.05, 3.63) is 0 Å². The van der Waals surface area contributed by atoms with E-state index in [4.69, 9.17) is 15.3 Å². The number of aliphatic hydroxyl groups is 3. The molecule has 1 aliphatic heterocycles. The summed E-state index contributed by atoms with van der Waals surface area (Å²) in [5.41, 5.74) is 0. The molecule has 0 bridgehead atoms. The third kappa shape index (κ3) is 2.92. The van der Waals surface area contributed by atoms with Gasteiger partial charge in [-0.3, -0.25) is 0 Å². The first-order chi connectivity index (χ1) is 4.72. The molecule has 0 aromatic carbocycles. The first kappa shape index (κ1) is 11.1. The van der Waals surface area contributed by atoms with E-state index in [-0.39, 0.29) is 12.4 Å². The van der Waals surface area contributed by atoms with Crippen LogP contribution >= 0.6 is 12.4 Å². The zero-order valence-electron chi connectivity index (χ0n) is 6.10. The third-order valence-electron chi connectivity index (χ3n) is 1.76. The van der Waals surface area contributed by atoms with Crippen molar-refractivity contribution in [2.45, 2.75) is 24.7 Å². The van der Waals surface area contributed by atoms with Crippen molar-refractivity contribution in [2.75, 3.05) is 13.1 Å². The van der Waals surface area contributed by atoms with Crippen LogP contribution in [0.1, 0.15) is 6.42 Å². The van der Waals surface area contributed by atoms with Gasteiger partial charge in [-0.15, -0.1) is 12.4 Å². The summed E-state index contributed by atoms with van der Waals surface area (Å²) in [5.74, 6) is 0. The van der Waals surface area contributed by atoms with Crippen LogP contribution in [0.2, 0.25) is 0 Å². The van der Waals surface area contributed by atoms with Gasteiger partial charge < -0.3 is 20.6 Å². The predicted octanol–water partition coefficient (Wildman–Crippen LogP) is -1.52. The molecule has 1 heterocycles. The second-order valence-electron chi connectivity index (χ2n) is 2.62. The van der Waals surface area contributed by atoms with Crippen LogP contribution in [0.3, 0.4) is 0 Å². The highest BCUT2D eigenvalue weighted by molar-refractivity contribution is 5.85. The SMILES string of the molecule is Cl.O[C@@H]1[C@H](O)CCNC[C@H]1O. The van der Waals surface area contributed by atoms with Gasteiger partial charge >= 0.3 is 0 Å². The van der Waals surface area contributed by atoms with E-state index in [2.05, 4.69) is 5.32 Å². The maximum atomic E-state index is 9.09. The Morgan fingerprint density at radius 3 is 2.36 bits per heavy atom. The lowest BCUT2D eigenvalue weighted by molar-refractivity contribution is -0.0503. The van der Waals surface area contributed by atoms with Crippen LogP contribution < -0.4 is 5.32 Å². The van der Waals surface area contributed by atoms with E-state index >= 15 is 0 Å². The predicted molar refractivity (Wildman–Crippen MR) is 42.8 cm³/mol. The minimum atomic E-state index is -0.991. The van der Waals surface area contributed by atoms with E-state index in [1.807, 2.05) is 0 Å². The van der Waals surface area contributed by atoms with Crippen molar-refractivity contribution >= 4 is 12.4 Å². The summed E-state index contributed by atoms with van der Waals surface area (Å²) in [7, 11) is 0. The fraction of sp³-hybridized carbons (Fsp3) is 1.00. The Hall–Kier alpha value is 0.130. The lowest BCUT2D eigenvalue weighted by Gasteiger charge is -2.17. The van der Waals surface area contributed by atoms with E-state index in [9.17, 15) is 0 Å². The molecule has 1 aliphatic rings. The first-order valence-electron chi connectivity index (χ1n) is 3.46. The van der Waals surface area contributed by atoms with Crippen molar-refractivity contribution in [2.24, 2.45) is 0 Å². The molecule has 0 saturated carbocycles. The van der Waals surface area contributed by atoms with Gasteiger partial charge in [-0.25, -0.2) is 0 Å². The molecule has 1 saturated heterocycles. The number of nitrogens with one attached hydrogen (secondary N) is 1. The Morgan fingerprint density at radius 2 is 1.73 bits per heavy atom. The van der Waals surface area contributed by atoms with Gasteiger partial charge in [0, 0.05) is 6.54 Å². The molecule has 4 N–H and O–H groups in total. The van der Waals surface area contributed by atoms with Crippen LogP contribution in [-0.2, 0) is 0 Å². The number of hydrogen-bond donors (Lipinski definition) is 4. The Kier molecular flexibility index (Phi) is 4.96. The molecule has 5 heteroatoms. The summed E-state index contributed by atoms with van der Waals surface area (Å²) in [4.78, 5) is 0. The molecular weight excluding hydrogens is 170 g/mol. The maximum Gasteiger partial charge on any atom is 0.107 e. The minimum absolute atomic E-state index is 0. The molecule has 1 rings (SSSR count). The second-order valence-corrected chi connectivity index (χ2v) is 2.62. The average Bonchev–Trinajstić information content (AvgIpc) is 2.04. The fourth-order valence-electron chi connectivity index (χ4n) is 1.05. The van der Waals surface area contributed by atoms with Crippen molar-refractivity contribution in [1.29, 1.82) is 0 Å². The molecule has 0 aromatic rings. The van der Waals surface area contributed by atoms with Gasteiger partial charge in [-0.1, -0.05) is 0 Å². The summed E-state index contributed by atoms with van der Waals surface area (Å²) in [5, 5.41) is 30.1. The van der Waals surface area contributed by atoms with Crippen LogP contribution in [0.4, 0.5) is 0 Å². The Morgan fingerprint density at radius 1 is 1.09 bits per heavy atom. The average molecular weight is 184 g/mol. The number of aliphatic hydroxyl groups excluding tert-OH is 3. The fourth-order valence-corrected chi connectivity index (χ4v) is 1.05. The molecule has 0 spiro atoms. The molecule has 3 atom stereocenters. The summed E-state index contributed by atoms with van der Waals surface area (Å²) >= 11 is 0. The number of halogens is 1. The van der Waals surface area contributed by atoms with Gasteiger partial charge in [0.15, 0.2) is 0 Å². The maximum absolute atomic E-state index is 9.09. The lowest BCUT2D eigenvalue weighted by atomic mass is 10.1. The van der Waals surface area contributed by atoms with E-state index in [1.54, 1.807) is 0 Å². The third-order valence-corrected chi connectivity index (χ3v) is 1.76. The summed E-state index contributed by atoms with van der Waals surface area (Å²) in [6.07, 6.45) is -2.12. The van der Waals surface area contributed by atoms with Crippen molar-refractivity contribution in [1.82, 2.24) is 5.32 Å². The minimum Gasteiger partial charge on any atom is -0.390 e. The lowest BCUT2D eigenvalue weighted by Crippen LogP contribution is -2.38. The molecule has 4 nitrogen and oxygen atoms in total. The van der Waals surface area contributed by atoms with Gasteiger partial charge in [0.05, 0.1) is 12.2 Å². The number of rotatable bonds is 0. The van der Waals surface area contributed by atoms with Crippen molar-refractivity contribution in [3.8, 4) is 0 Å². The van der Waals surface area contributed by atoms with Gasteiger partial charge in [0.2, 0.25) is 0 Å². The molecule has 68 valence electrons. The largest absolute Gasteiger partial charge is 0.390 e. The molecule has 0 aromatic heterocycles. The summed E-state index contributed by atoms with van der Waals surface area (Å²) in [6.45, 7) is 1.01. The first-order valence-corrected chi connectivity index (χ1v) is 3.46. The molecular formula is C6H14ClNO3. The van der Waals surface area contributed by atoms with Gasteiger partial charge in [-0.05, 0) is 13.0 Å². The Bertz CT molecular complexity index is 102. The number of hydrogen-bond acceptors (Lipinski definition) is 4. The van der Waals surface area contributed by atoms with Gasteiger partial charge in [-0.2, -0.15) is 0 Å². The molecule has 11 heavy (non-hydrogen) atoms. The van der Waals surface area contributed by atoms with Crippen LogP contribution in [0.25, 0.3) is 0 Å². The number of β-amino-alcohol motifs (C(OH)–C–C–N with tert-alkyl or cyclic N) is 1. The normalized spacial score (nSPS) is 39.0. The highest BCUT2D eigenvalue weighted by Crippen LogP contribution is 2.05. The topological polar surface area (TPSA) is 72.7 Å². The van der Waals surface area contributed by atoms with Gasteiger partial charge in [0.25, 0.3) is 0 Å². The zero-order chi connectivity index (χ0) is 7.56. The Labute approximate surface area is 71.6 Å².